The quantitative estimate of drug-likeness (QED) is 0.408. The summed E-state index contributed by atoms with van der Waals surface area (Å²) >= 11 is 12.4. The monoisotopic (exact) mass is 472 g/mol. The van der Waals surface area contributed by atoms with Gasteiger partial charge in [0.1, 0.15) is 5.15 Å². The second-order valence-corrected chi connectivity index (χ2v) is 7.58. The van der Waals surface area contributed by atoms with E-state index in [-0.39, 0.29) is 11.1 Å². The van der Waals surface area contributed by atoms with Crippen LogP contribution in [0.5, 0.6) is 0 Å². The number of carbonyl (C=O) groups is 1. The van der Waals surface area contributed by atoms with Crippen molar-refractivity contribution in [3.8, 4) is 5.82 Å². The SMILES string of the molecule is CO[C@H](C)c1c(NC(=O)Nc2cc(Cl)c(-n3nccn3)nc2C)cnc2ccc(Cl)nc12. The molecule has 0 unspecified atom stereocenters. The molecule has 0 spiro atoms. The van der Waals surface area contributed by atoms with Crippen LogP contribution in [0.25, 0.3) is 16.9 Å². The molecule has 4 aromatic heterocycles. The standard InChI is InChI=1S/C20H18Cl2N8O2/c1-10-14(8-12(21)19(26-10)30-24-6-7-25-30)27-20(31)28-15-9-23-13-4-5-16(22)29-18(13)17(15)11(2)32-3/h4-9,11H,1-3H3,(H2,27,28,31)/t11-/m1/s1. The van der Waals surface area contributed by atoms with Crippen molar-refractivity contribution in [3.05, 3.63) is 58.2 Å². The highest BCUT2D eigenvalue weighted by molar-refractivity contribution is 6.32. The van der Waals surface area contributed by atoms with Gasteiger partial charge in [0, 0.05) is 12.7 Å². The Labute approximate surface area is 192 Å². The second kappa shape index (κ2) is 9.03. The number of hydrogen-bond acceptors (Lipinski definition) is 7. The number of fused-ring (bicyclic) bond motifs is 1. The maximum Gasteiger partial charge on any atom is 0.323 e. The molecule has 12 heteroatoms. The number of pyridine rings is 3. The fourth-order valence-electron chi connectivity index (χ4n) is 3.13. The molecule has 0 aromatic carbocycles. The van der Waals surface area contributed by atoms with Gasteiger partial charge in [-0.25, -0.2) is 14.8 Å². The summed E-state index contributed by atoms with van der Waals surface area (Å²) in [6, 6.07) is 4.48. The van der Waals surface area contributed by atoms with Crippen molar-refractivity contribution in [2.75, 3.05) is 17.7 Å². The van der Waals surface area contributed by atoms with Gasteiger partial charge < -0.3 is 15.4 Å². The summed E-state index contributed by atoms with van der Waals surface area (Å²) in [6.45, 7) is 3.58. The summed E-state index contributed by atoms with van der Waals surface area (Å²) in [7, 11) is 1.57. The molecule has 0 saturated heterocycles. The van der Waals surface area contributed by atoms with Gasteiger partial charge in [-0.3, -0.25) is 4.98 Å². The smallest absolute Gasteiger partial charge is 0.323 e. The van der Waals surface area contributed by atoms with Crippen molar-refractivity contribution in [3.63, 3.8) is 0 Å². The number of aryl methyl sites for hydroxylation is 1. The maximum atomic E-state index is 12.8. The molecule has 0 aliphatic carbocycles. The number of halogens is 2. The zero-order chi connectivity index (χ0) is 22.8. The van der Waals surface area contributed by atoms with Crippen molar-refractivity contribution in [2.45, 2.75) is 20.0 Å². The molecule has 0 aliphatic rings. The number of rotatable bonds is 5. The summed E-state index contributed by atoms with van der Waals surface area (Å²) in [5.41, 5.74) is 3.24. The van der Waals surface area contributed by atoms with Crippen molar-refractivity contribution >= 4 is 51.6 Å². The molecule has 1 atom stereocenters. The van der Waals surface area contributed by atoms with Crippen molar-refractivity contribution in [2.24, 2.45) is 0 Å². The Morgan fingerprint density at radius 3 is 2.56 bits per heavy atom. The molecular weight excluding hydrogens is 455 g/mol. The van der Waals surface area contributed by atoms with E-state index in [9.17, 15) is 4.79 Å². The van der Waals surface area contributed by atoms with Crippen LogP contribution in [0.1, 0.15) is 24.3 Å². The Kier molecular flexibility index (Phi) is 6.17. The van der Waals surface area contributed by atoms with E-state index in [0.717, 1.165) is 0 Å². The first-order valence-electron chi connectivity index (χ1n) is 9.47. The lowest BCUT2D eigenvalue weighted by atomic mass is 10.1. The molecule has 4 heterocycles. The summed E-state index contributed by atoms with van der Waals surface area (Å²) in [5, 5.41) is 14.2. The number of methoxy groups -OCH3 is 1. The Morgan fingerprint density at radius 2 is 1.84 bits per heavy atom. The van der Waals surface area contributed by atoms with Gasteiger partial charge in [0.2, 0.25) is 0 Å². The molecule has 2 N–H and O–H groups in total. The highest BCUT2D eigenvalue weighted by atomic mass is 35.5. The van der Waals surface area contributed by atoms with Gasteiger partial charge in [0.05, 0.1) is 57.8 Å². The van der Waals surface area contributed by atoms with E-state index in [1.54, 1.807) is 38.4 Å². The summed E-state index contributed by atoms with van der Waals surface area (Å²) < 4.78 is 5.48. The van der Waals surface area contributed by atoms with Gasteiger partial charge in [-0.1, -0.05) is 23.2 Å². The highest BCUT2D eigenvalue weighted by Crippen LogP contribution is 2.32. The molecule has 0 fully saturated rings. The van der Waals surface area contributed by atoms with E-state index in [2.05, 4.69) is 35.8 Å². The number of nitrogens with zero attached hydrogens (tertiary/aromatic N) is 6. The fraction of sp³-hybridized carbons (Fsp3) is 0.200. The second-order valence-electron chi connectivity index (χ2n) is 6.79. The Bertz CT molecular complexity index is 1300. The first-order chi connectivity index (χ1) is 15.4. The Balaban J connectivity index is 1.63. The van der Waals surface area contributed by atoms with Crippen LogP contribution in [0, 0.1) is 6.92 Å². The highest BCUT2D eigenvalue weighted by Gasteiger charge is 2.19. The molecule has 0 aliphatic heterocycles. The van der Waals surface area contributed by atoms with Crippen LogP contribution in [0.15, 0.2) is 36.8 Å². The molecule has 164 valence electrons. The number of hydrogen-bond donors (Lipinski definition) is 2. The topological polar surface area (TPSA) is 120 Å². The third-order valence-electron chi connectivity index (χ3n) is 4.73. The van der Waals surface area contributed by atoms with Crippen LogP contribution in [0.4, 0.5) is 16.2 Å². The number of urea groups is 1. The van der Waals surface area contributed by atoms with E-state index in [1.165, 1.54) is 17.2 Å². The predicted molar refractivity (Wildman–Crippen MR) is 122 cm³/mol. The number of amides is 2. The Morgan fingerprint density at radius 1 is 1.12 bits per heavy atom. The lowest BCUT2D eigenvalue weighted by Crippen LogP contribution is -2.22. The Hall–Kier alpha value is -3.34. The first kappa shape index (κ1) is 21.9. The lowest BCUT2D eigenvalue weighted by Gasteiger charge is -2.18. The van der Waals surface area contributed by atoms with Crippen LogP contribution in [-0.4, -0.2) is 43.1 Å². The van der Waals surface area contributed by atoms with E-state index in [1.807, 2.05) is 6.92 Å². The van der Waals surface area contributed by atoms with Crippen molar-refractivity contribution < 1.29 is 9.53 Å². The molecule has 10 nitrogen and oxygen atoms in total. The molecular formula is C20H18Cl2N8O2. The van der Waals surface area contributed by atoms with Crippen LogP contribution < -0.4 is 10.6 Å². The largest absolute Gasteiger partial charge is 0.377 e. The van der Waals surface area contributed by atoms with E-state index in [4.69, 9.17) is 27.9 Å². The van der Waals surface area contributed by atoms with Gasteiger partial charge >= 0.3 is 6.03 Å². The first-order valence-corrected chi connectivity index (χ1v) is 10.2. The number of nitrogens with one attached hydrogen (secondary N) is 2. The molecule has 32 heavy (non-hydrogen) atoms. The molecule has 2 amide bonds. The lowest BCUT2D eigenvalue weighted by molar-refractivity contribution is 0.121. The van der Waals surface area contributed by atoms with E-state index < -0.39 is 6.03 Å². The van der Waals surface area contributed by atoms with Crippen molar-refractivity contribution in [1.29, 1.82) is 0 Å². The summed E-state index contributed by atoms with van der Waals surface area (Å²) in [6.07, 6.45) is 4.21. The van der Waals surface area contributed by atoms with Crippen LogP contribution in [-0.2, 0) is 4.74 Å². The van der Waals surface area contributed by atoms with Gasteiger partial charge in [-0.15, -0.1) is 4.80 Å². The minimum atomic E-state index is -0.510. The zero-order valence-corrected chi connectivity index (χ0v) is 18.8. The molecule has 0 saturated carbocycles. The average Bonchev–Trinajstić information content (AvgIpc) is 3.30. The van der Waals surface area contributed by atoms with Gasteiger partial charge in [-0.05, 0) is 32.0 Å². The summed E-state index contributed by atoms with van der Waals surface area (Å²) in [5.74, 6) is 0.359. The van der Waals surface area contributed by atoms with Gasteiger partial charge in [-0.2, -0.15) is 10.2 Å². The van der Waals surface area contributed by atoms with Crippen LogP contribution in [0.3, 0.4) is 0 Å². The minimum absolute atomic E-state index is 0.280. The number of aromatic nitrogens is 6. The predicted octanol–water partition coefficient (Wildman–Crippen LogP) is 4.57. The third kappa shape index (κ3) is 4.33. The minimum Gasteiger partial charge on any atom is -0.377 e. The number of anilines is 2. The number of ether oxygens (including phenoxy) is 1. The molecule has 4 rings (SSSR count). The molecule has 4 aromatic rings. The van der Waals surface area contributed by atoms with Crippen molar-refractivity contribution in [1.82, 2.24) is 29.9 Å². The number of carbonyl (C=O) groups excluding carboxylic acids is 1. The van der Waals surface area contributed by atoms with E-state index >= 15 is 0 Å². The normalized spacial score (nSPS) is 12.0. The maximum absolute atomic E-state index is 12.8. The van der Waals surface area contributed by atoms with Gasteiger partial charge in [0.25, 0.3) is 0 Å². The molecule has 0 radical (unpaired) electrons. The fourth-order valence-corrected chi connectivity index (χ4v) is 3.50. The summed E-state index contributed by atoms with van der Waals surface area (Å²) in [4.78, 5) is 27.2. The third-order valence-corrected chi connectivity index (χ3v) is 5.22. The van der Waals surface area contributed by atoms with E-state index in [0.29, 0.717) is 44.6 Å². The van der Waals surface area contributed by atoms with Crippen LogP contribution >= 0.6 is 23.2 Å². The zero-order valence-electron chi connectivity index (χ0n) is 17.3. The average molecular weight is 473 g/mol. The van der Waals surface area contributed by atoms with Gasteiger partial charge in [0.15, 0.2) is 5.82 Å². The molecule has 0 bridgehead atoms. The van der Waals surface area contributed by atoms with Crippen LogP contribution in [0.2, 0.25) is 10.2 Å².